The largest absolute Gasteiger partial charge is 0.444 e. The predicted octanol–water partition coefficient (Wildman–Crippen LogP) is 2.91. The summed E-state index contributed by atoms with van der Waals surface area (Å²) in [5.41, 5.74) is 0.368. The average molecular weight is 295 g/mol. The van der Waals surface area contributed by atoms with Crippen LogP contribution in [-0.4, -0.2) is 40.9 Å². The van der Waals surface area contributed by atoms with E-state index in [4.69, 9.17) is 4.74 Å². The van der Waals surface area contributed by atoms with Gasteiger partial charge in [-0.25, -0.2) is 9.18 Å². The number of hydrogen-bond acceptors (Lipinski definition) is 3. The number of likely N-dealkylation sites (tertiary alicyclic amines) is 1. The van der Waals surface area contributed by atoms with Gasteiger partial charge in [0.1, 0.15) is 11.4 Å². The Morgan fingerprint density at radius 3 is 2.52 bits per heavy atom. The maximum Gasteiger partial charge on any atom is 0.410 e. The van der Waals surface area contributed by atoms with E-state index in [1.54, 1.807) is 17.0 Å². The standard InChI is InChI=1S/C16H22FNO3/c1-16(2,3)21-15(20)18-9-8-13(14(18)10-19)11-4-6-12(17)7-5-11/h4-7,13-14,19H,8-10H2,1-3H3/t13-,14+/m0/s1. The van der Waals surface area contributed by atoms with Crippen LogP contribution in [-0.2, 0) is 4.74 Å². The molecule has 21 heavy (non-hydrogen) atoms. The molecule has 116 valence electrons. The number of hydrogen-bond donors (Lipinski definition) is 1. The van der Waals surface area contributed by atoms with E-state index in [9.17, 15) is 14.3 Å². The molecule has 0 unspecified atom stereocenters. The van der Waals surface area contributed by atoms with Crippen molar-refractivity contribution in [1.82, 2.24) is 4.90 Å². The molecule has 1 aliphatic heterocycles. The quantitative estimate of drug-likeness (QED) is 0.912. The molecule has 0 aliphatic carbocycles. The highest BCUT2D eigenvalue weighted by Crippen LogP contribution is 2.34. The highest BCUT2D eigenvalue weighted by molar-refractivity contribution is 5.69. The van der Waals surface area contributed by atoms with Crippen LogP contribution >= 0.6 is 0 Å². The Bertz CT molecular complexity index is 495. The zero-order valence-corrected chi connectivity index (χ0v) is 12.7. The second kappa shape index (κ2) is 6.02. The fourth-order valence-electron chi connectivity index (χ4n) is 2.73. The molecule has 0 bridgehead atoms. The average Bonchev–Trinajstić information content (AvgIpc) is 2.81. The molecule has 1 aliphatic rings. The van der Waals surface area contributed by atoms with Crippen molar-refractivity contribution in [1.29, 1.82) is 0 Å². The van der Waals surface area contributed by atoms with Gasteiger partial charge in [-0.3, -0.25) is 0 Å². The summed E-state index contributed by atoms with van der Waals surface area (Å²) >= 11 is 0. The van der Waals surface area contributed by atoms with Crippen molar-refractivity contribution in [3.63, 3.8) is 0 Å². The summed E-state index contributed by atoms with van der Waals surface area (Å²) in [5, 5.41) is 9.65. The molecule has 2 rings (SSSR count). The lowest BCUT2D eigenvalue weighted by atomic mass is 9.92. The van der Waals surface area contributed by atoms with Gasteiger partial charge in [0.05, 0.1) is 12.6 Å². The zero-order valence-electron chi connectivity index (χ0n) is 12.7. The Balaban J connectivity index is 2.14. The van der Waals surface area contributed by atoms with Crippen molar-refractivity contribution in [3.8, 4) is 0 Å². The van der Waals surface area contributed by atoms with Gasteiger partial charge >= 0.3 is 6.09 Å². The second-order valence-electron chi connectivity index (χ2n) is 6.37. The molecule has 0 radical (unpaired) electrons. The third-order valence-electron chi connectivity index (χ3n) is 3.66. The van der Waals surface area contributed by atoms with Crippen LogP contribution in [0.15, 0.2) is 24.3 Å². The Hall–Kier alpha value is -1.62. The number of nitrogens with zero attached hydrogens (tertiary/aromatic N) is 1. The van der Waals surface area contributed by atoms with Gasteiger partial charge in [0.15, 0.2) is 0 Å². The van der Waals surface area contributed by atoms with Crippen molar-refractivity contribution in [2.75, 3.05) is 13.2 Å². The lowest BCUT2D eigenvalue weighted by Crippen LogP contribution is -2.42. The second-order valence-corrected chi connectivity index (χ2v) is 6.37. The highest BCUT2D eigenvalue weighted by atomic mass is 19.1. The molecule has 0 aromatic heterocycles. The molecule has 1 aromatic carbocycles. The summed E-state index contributed by atoms with van der Waals surface area (Å²) in [6.07, 6.45) is 0.321. The zero-order chi connectivity index (χ0) is 15.6. The molecule has 1 heterocycles. The van der Waals surface area contributed by atoms with Gasteiger partial charge in [0.25, 0.3) is 0 Å². The van der Waals surface area contributed by atoms with Gasteiger partial charge in [-0.15, -0.1) is 0 Å². The van der Waals surface area contributed by atoms with Gasteiger partial charge < -0.3 is 14.7 Å². The van der Waals surface area contributed by atoms with E-state index >= 15 is 0 Å². The van der Waals surface area contributed by atoms with Gasteiger partial charge in [-0.05, 0) is 44.9 Å². The molecule has 1 amide bonds. The Kier molecular flexibility index (Phi) is 4.52. The van der Waals surface area contributed by atoms with Crippen molar-refractivity contribution in [2.24, 2.45) is 0 Å². The van der Waals surface area contributed by atoms with E-state index in [1.807, 2.05) is 20.8 Å². The number of rotatable bonds is 2. The first-order chi connectivity index (χ1) is 9.81. The molecule has 1 aromatic rings. The van der Waals surface area contributed by atoms with Crippen LogP contribution < -0.4 is 0 Å². The SMILES string of the molecule is CC(C)(C)OC(=O)N1CC[C@@H](c2ccc(F)cc2)[C@H]1CO. The summed E-state index contributed by atoms with van der Waals surface area (Å²) in [6, 6.07) is 5.90. The van der Waals surface area contributed by atoms with Crippen molar-refractivity contribution in [3.05, 3.63) is 35.6 Å². The highest BCUT2D eigenvalue weighted by Gasteiger charge is 2.39. The lowest BCUT2D eigenvalue weighted by Gasteiger charge is -2.29. The van der Waals surface area contributed by atoms with E-state index in [-0.39, 0.29) is 24.4 Å². The normalized spacial score (nSPS) is 22.4. The number of ether oxygens (including phenoxy) is 1. The molecule has 4 nitrogen and oxygen atoms in total. The molecule has 1 saturated heterocycles. The number of amides is 1. The van der Waals surface area contributed by atoms with E-state index < -0.39 is 11.7 Å². The number of halogens is 1. The van der Waals surface area contributed by atoms with Crippen LogP contribution in [0, 0.1) is 5.82 Å². The van der Waals surface area contributed by atoms with Crippen LogP contribution in [0.3, 0.4) is 0 Å². The lowest BCUT2D eigenvalue weighted by molar-refractivity contribution is 0.0165. The molecule has 0 spiro atoms. The summed E-state index contributed by atoms with van der Waals surface area (Å²) in [7, 11) is 0. The fraction of sp³-hybridized carbons (Fsp3) is 0.562. The minimum atomic E-state index is -0.564. The smallest absolute Gasteiger partial charge is 0.410 e. The van der Waals surface area contributed by atoms with Crippen molar-refractivity contribution in [2.45, 2.75) is 44.8 Å². The van der Waals surface area contributed by atoms with Crippen LogP contribution in [0.5, 0.6) is 0 Å². The Labute approximate surface area is 124 Å². The molecule has 5 heteroatoms. The monoisotopic (exact) mass is 295 g/mol. The number of aliphatic hydroxyl groups is 1. The summed E-state index contributed by atoms with van der Waals surface area (Å²) in [4.78, 5) is 13.8. The minimum Gasteiger partial charge on any atom is -0.444 e. The third kappa shape index (κ3) is 3.73. The van der Waals surface area contributed by atoms with Gasteiger partial charge in [-0.1, -0.05) is 12.1 Å². The molecule has 1 fully saturated rings. The van der Waals surface area contributed by atoms with Gasteiger partial charge in [0, 0.05) is 12.5 Å². The van der Waals surface area contributed by atoms with Gasteiger partial charge in [-0.2, -0.15) is 0 Å². The number of benzene rings is 1. The maximum absolute atomic E-state index is 13.0. The van der Waals surface area contributed by atoms with Crippen molar-refractivity contribution >= 4 is 6.09 Å². The van der Waals surface area contributed by atoms with Crippen LogP contribution in [0.25, 0.3) is 0 Å². The fourth-order valence-corrected chi connectivity index (χ4v) is 2.73. The Morgan fingerprint density at radius 1 is 1.38 bits per heavy atom. The van der Waals surface area contributed by atoms with Gasteiger partial charge in [0.2, 0.25) is 0 Å². The van der Waals surface area contributed by atoms with Crippen LogP contribution in [0.1, 0.15) is 38.7 Å². The van der Waals surface area contributed by atoms with Crippen LogP contribution in [0.4, 0.5) is 9.18 Å². The van der Waals surface area contributed by atoms with E-state index in [0.717, 1.165) is 12.0 Å². The predicted molar refractivity (Wildman–Crippen MR) is 77.6 cm³/mol. The van der Waals surface area contributed by atoms with E-state index in [0.29, 0.717) is 6.54 Å². The number of aliphatic hydroxyl groups excluding tert-OH is 1. The number of carbonyl (C=O) groups is 1. The maximum atomic E-state index is 13.0. The molecular formula is C16H22FNO3. The molecule has 1 N–H and O–H groups in total. The van der Waals surface area contributed by atoms with Crippen molar-refractivity contribution < 1.29 is 19.0 Å². The van der Waals surface area contributed by atoms with Crippen LogP contribution in [0.2, 0.25) is 0 Å². The molecular weight excluding hydrogens is 273 g/mol. The topological polar surface area (TPSA) is 49.8 Å². The summed E-state index contributed by atoms with van der Waals surface area (Å²) < 4.78 is 18.4. The molecule has 0 saturated carbocycles. The first kappa shape index (κ1) is 15.8. The summed E-state index contributed by atoms with van der Waals surface area (Å²) in [5.74, 6) is -0.288. The Morgan fingerprint density at radius 2 is 2.00 bits per heavy atom. The first-order valence-electron chi connectivity index (χ1n) is 7.18. The van der Waals surface area contributed by atoms with E-state index in [2.05, 4.69) is 0 Å². The molecule has 2 atom stereocenters. The van der Waals surface area contributed by atoms with E-state index in [1.165, 1.54) is 12.1 Å². The number of carbonyl (C=O) groups excluding carboxylic acids is 1. The third-order valence-corrected chi connectivity index (χ3v) is 3.66. The first-order valence-corrected chi connectivity index (χ1v) is 7.18. The summed E-state index contributed by atoms with van der Waals surface area (Å²) in [6.45, 7) is 5.83. The minimum absolute atomic E-state index is 0.00289.